The fourth-order valence-corrected chi connectivity index (χ4v) is 6.98. The van der Waals surface area contributed by atoms with E-state index in [-0.39, 0.29) is 12.7 Å². The second-order valence-electron chi connectivity index (χ2n) is 10.0. The highest BCUT2D eigenvalue weighted by molar-refractivity contribution is 5.29. The minimum absolute atomic E-state index is 0.0425. The van der Waals surface area contributed by atoms with Crippen molar-refractivity contribution in [3.8, 4) is 5.75 Å². The summed E-state index contributed by atoms with van der Waals surface area (Å²) in [5.74, 6) is 3.65. The van der Waals surface area contributed by atoms with Gasteiger partial charge in [0.25, 0.3) is 0 Å². The van der Waals surface area contributed by atoms with Crippen molar-refractivity contribution in [1.82, 2.24) is 0 Å². The van der Waals surface area contributed by atoms with Crippen LogP contribution in [-0.2, 0) is 14.5 Å². The predicted octanol–water partition coefficient (Wildman–Crippen LogP) is 4.83. The molecule has 4 bridgehead atoms. The highest BCUT2D eigenvalue weighted by Crippen LogP contribution is 2.60. The van der Waals surface area contributed by atoms with Crippen molar-refractivity contribution in [2.24, 2.45) is 23.7 Å². The van der Waals surface area contributed by atoms with E-state index in [1.165, 1.54) is 37.7 Å². The number of rotatable bonds is 8. The van der Waals surface area contributed by atoms with Crippen LogP contribution in [0.1, 0.15) is 69.3 Å². The highest BCUT2D eigenvalue weighted by Gasteiger charge is 2.60. The standard InChI is InChI=1S/C25H36O5/c1-27-25(21-13-17-12-18(15-21)16-22(25)14-17)30-29-24-8-4-20(5-9-24)19-2-6-23(7-3-19)28-11-10-26/h2-3,6-7,17-18,20-22,24,26H,4-5,8-16H2,1H3. The van der Waals surface area contributed by atoms with E-state index in [1.54, 1.807) is 0 Å². The Labute approximate surface area is 180 Å². The van der Waals surface area contributed by atoms with Crippen molar-refractivity contribution in [2.45, 2.75) is 75.6 Å². The average molecular weight is 417 g/mol. The summed E-state index contributed by atoms with van der Waals surface area (Å²) in [5, 5.41) is 8.87. The minimum Gasteiger partial charge on any atom is -0.491 e. The summed E-state index contributed by atoms with van der Waals surface area (Å²) >= 11 is 0. The average Bonchev–Trinajstić information content (AvgIpc) is 2.78. The molecule has 0 radical (unpaired) electrons. The van der Waals surface area contributed by atoms with Crippen molar-refractivity contribution in [2.75, 3.05) is 20.3 Å². The summed E-state index contributed by atoms with van der Waals surface area (Å²) in [6, 6.07) is 8.32. The molecular formula is C25H36O5. The zero-order chi connectivity index (χ0) is 20.6. The molecule has 5 aliphatic carbocycles. The first-order valence-electron chi connectivity index (χ1n) is 11.9. The second kappa shape index (κ2) is 8.78. The molecule has 1 aromatic carbocycles. The normalized spacial score (nSPS) is 39.9. The molecule has 0 saturated heterocycles. The van der Waals surface area contributed by atoms with Gasteiger partial charge in [0.05, 0.1) is 12.7 Å². The molecule has 0 spiro atoms. The molecule has 5 fully saturated rings. The fraction of sp³-hybridized carbons (Fsp3) is 0.760. The van der Waals surface area contributed by atoms with Gasteiger partial charge in [0.15, 0.2) is 0 Å². The van der Waals surface area contributed by atoms with Crippen molar-refractivity contribution in [1.29, 1.82) is 0 Å². The van der Waals surface area contributed by atoms with Gasteiger partial charge in [0, 0.05) is 18.9 Å². The monoisotopic (exact) mass is 416 g/mol. The van der Waals surface area contributed by atoms with E-state index >= 15 is 0 Å². The first kappa shape index (κ1) is 20.7. The molecular weight excluding hydrogens is 380 g/mol. The van der Waals surface area contributed by atoms with Gasteiger partial charge in [0.1, 0.15) is 12.4 Å². The van der Waals surface area contributed by atoms with Gasteiger partial charge in [-0.1, -0.05) is 12.1 Å². The van der Waals surface area contributed by atoms with Crippen LogP contribution in [0.5, 0.6) is 5.75 Å². The van der Waals surface area contributed by atoms with Gasteiger partial charge in [-0.05, 0) is 93.2 Å². The van der Waals surface area contributed by atoms with Gasteiger partial charge >= 0.3 is 0 Å². The fourth-order valence-electron chi connectivity index (χ4n) is 6.98. The van der Waals surface area contributed by atoms with E-state index in [9.17, 15) is 0 Å². The summed E-state index contributed by atoms with van der Waals surface area (Å²) in [6.07, 6.45) is 10.8. The molecule has 30 heavy (non-hydrogen) atoms. The Morgan fingerprint density at radius 1 is 0.900 bits per heavy atom. The quantitative estimate of drug-likeness (QED) is 0.374. The van der Waals surface area contributed by atoms with E-state index in [4.69, 9.17) is 24.4 Å². The lowest BCUT2D eigenvalue weighted by molar-refractivity contribution is -0.485. The van der Waals surface area contributed by atoms with Crippen LogP contribution in [-0.4, -0.2) is 37.3 Å². The molecule has 5 nitrogen and oxygen atoms in total. The molecule has 0 aromatic heterocycles. The van der Waals surface area contributed by atoms with Gasteiger partial charge in [-0.25, -0.2) is 9.78 Å². The number of aliphatic hydroxyl groups excluding tert-OH is 1. The highest BCUT2D eigenvalue weighted by atomic mass is 17.2. The summed E-state index contributed by atoms with van der Waals surface area (Å²) in [4.78, 5) is 12.3. The van der Waals surface area contributed by atoms with Crippen molar-refractivity contribution >= 4 is 0 Å². The number of benzene rings is 1. The molecule has 1 N–H and O–H groups in total. The zero-order valence-electron chi connectivity index (χ0n) is 18.1. The molecule has 0 heterocycles. The van der Waals surface area contributed by atoms with E-state index in [1.807, 2.05) is 19.2 Å². The smallest absolute Gasteiger partial charge is 0.207 e. The molecule has 1 aromatic rings. The van der Waals surface area contributed by atoms with Crippen molar-refractivity contribution in [3.05, 3.63) is 29.8 Å². The van der Waals surface area contributed by atoms with Gasteiger partial charge < -0.3 is 14.6 Å². The Morgan fingerprint density at radius 2 is 1.53 bits per heavy atom. The van der Waals surface area contributed by atoms with Crippen LogP contribution in [0.2, 0.25) is 0 Å². The molecule has 5 saturated carbocycles. The van der Waals surface area contributed by atoms with E-state index < -0.39 is 5.79 Å². The third kappa shape index (κ3) is 3.90. The Bertz CT molecular complexity index is 666. The number of aliphatic hydroxyl groups is 1. The number of methoxy groups -OCH3 is 1. The lowest BCUT2D eigenvalue weighted by Gasteiger charge is -2.58. The maximum absolute atomic E-state index is 8.87. The summed E-state index contributed by atoms with van der Waals surface area (Å²) in [5.41, 5.74) is 1.36. The van der Waals surface area contributed by atoms with E-state index in [2.05, 4.69) is 12.1 Å². The largest absolute Gasteiger partial charge is 0.491 e. The molecule has 5 aliphatic rings. The Balaban J connectivity index is 1.13. The summed E-state index contributed by atoms with van der Waals surface area (Å²) in [7, 11) is 1.82. The Kier molecular flexibility index (Phi) is 6.07. The molecule has 0 amide bonds. The Hall–Kier alpha value is -1.14. The summed E-state index contributed by atoms with van der Waals surface area (Å²) < 4.78 is 11.5. The minimum atomic E-state index is -0.505. The maximum atomic E-state index is 8.87. The topological polar surface area (TPSA) is 57.2 Å². The van der Waals surface area contributed by atoms with Crippen LogP contribution < -0.4 is 4.74 Å². The lowest BCUT2D eigenvalue weighted by Crippen LogP contribution is -2.60. The number of ether oxygens (including phenoxy) is 2. The second-order valence-corrected chi connectivity index (χ2v) is 10.0. The summed E-state index contributed by atoms with van der Waals surface area (Å²) in [6.45, 7) is 0.384. The molecule has 5 heteroatoms. The maximum Gasteiger partial charge on any atom is 0.207 e. The van der Waals surface area contributed by atoms with Crippen molar-refractivity contribution < 1.29 is 24.4 Å². The predicted molar refractivity (Wildman–Crippen MR) is 113 cm³/mol. The first-order valence-corrected chi connectivity index (χ1v) is 11.9. The number of hydrogen-bond donors (Lipinski definition) is 1. The molecule has 0 atom stereocenters. The molecule has 166 valence electrons. The van der Waals surface area contributed by atoms with Crippen LogP contribution in [0.25, 0.3) is 0 Å². The van der Waals surface area contributed by atoms with Crippen LogP contribution in [0.15, 0.2) is 24.3 Å². The van der Waals surface area contributed by atoms with Crippen LogP contribution in [0.3, 0.4) is 0 Å². The van der Waals surface area contributed by atoms with Crippen LogP contribution >= 0.6 is 0 Å². The lowest BCUT2D eigenvalue weighted by atomic mass is 9.53. The molecule has 6 rings (SSSR count). The first-order chi connectivity index (χ1) is 14.7. The van der Waals surface area contributed by atoms with Gasteiger partial charge in [0.2, 0.25) is 5.79 Å². The Morgan fingerprint density at radius 3 is 2.10 bits per heavy atom. The van der Waals surface area contributed by atoms with E-state index in [0.717, 1.165) is 43.3 Å². The number of hydrogen-bond acceptors (Lipinski definition) is 5. The van der Waals surface area contributed by atoms with Gasteiger partial charge in [-0.2, -0.15) is 0 Å². The third-order valence-electron chi connectivity index (χ3n) is 8.30. The van der Waals surface area contributed by atoms with E-state index in [0.29, 0.717) is 24.4 Å². The third-order valence-corrected chi connectivity index (χ3v) is 8.30. The van der Waals surface area contributed by atoms with Crippen LogP contribution in [0, 0.1) is 23.7 Å². The van der Waals surface area contributed by atoms with Gasteiger partial charge in [-0.15, -0.1) is 0 Å². The zero-order valence-corrected chi connectivity index (χ0v) is 18.1. The van der Waals surface area contributed by atoms with Crippen molar-refractivity contribution in [3.63, 3.8) is 0 Å². The molecule has 0 unspecified atom stereocenters. The van der Waals surface area contributed by atoms with Gasteiger partial charge in [-0.3, -0.25) is 0 Å². The molecule has 0 aliphatic heterocycles. The SMILES string of the molecule is COC1(OOC2CCC(c3ccc(OCCO)cc3)CC2)C2CC3CC(C2)CC1C3. The van der Waals surface area contributed by atoms with Crippen LogP contribution in [0.4, 0.5) is 0 Å².